The van der Waals surface area contributed by atoms with Crippen molar-refractivity contribution in [3.05, 3.63) is 12.7 Å². The van der Waals surface area contributed by atoms with Crippen LogP contribution in [-0.4, -0.2) is 11.6 Å². The van der Waals surface area contributed by atoms with Crippen molar-refractivity contribution in [1.82, 2.24) is 0 Å². The first-order valence-corrected chi connectivity index (χ1v) is 4.29. The van der Waals surface area contributed by atoms with Gasteiger partial charge in [-0.1, -0.05) is 20.4 Å². The van der Waals surface area contributed by atoms with E-state index in [1.54, 1.807) is 6.92 Å². The van der Waals surface area contributed by atoms with Crippen molar-refractivity contribution < 1.29 is 9.59 Å². The maximum absolute atomic E-state index is 11.2. The van der Waals surface area contributed by atoms with Crippen LogP contribution in [-0.2, 0) is 9.59 Å². The van der Waals surface area contributed by atoms with E-state index in [0.717, 1.165) is 6.42 Å². The quantitative estimate of drug-likeness (QED) is 0.569. The number of Topliss-reactive ketones (excluding diaryl/α,β-unsaturated/α-hetero) is 1. The normalized spacial score (nSPS) is 12.2. The van der Waals surface area contributed by atoms with Crippen LogP contribution < -0.4 is 0 Å². The summed E-state index contributed by atoms with van der Waals surface area (Å²) in [4.78, 5) is 22.1. The first-order valence-electron chi connectivity index (χ1n) is 4.29. The van der Waals surface area contributed by atoms with Gasteiger partial charge in [0.2, 0.25) is 0 Å². The van der Waals surface area contributed by atoms with Gasteiger partial charge in [0.1, 0.15) is 5.78 Å². The molecule has 0 fully saturated rings. The number of carbonyl (C=O) groups is 2. The Balaban J connectivity index is 3.85. The van der Waals surface area contributed by atoms with E-state index < -0.39 is 0 Å². The van der Waals surface area contributed by atoms with Crippen LogP contribution in [0.4, 0.5) is 0 Å². The first-order chi connectivity index (χ1) is 5.61. The molecule has 0 aromatic rings. The summed E-state index contributed by atoms with van der Waals surface area (Å²) in [5.41, 5.74) is 0. The van der Waals surface area contributed by atoms with E-state index in [1.165, 1.54) is 6.08 Å². The highest BCUT2D eigenvalue weighted by Crippen LogP contribution is 2.08. The molecule has 0 heterocycles. The van der Waals surface area contributed by atoms with Gasteiger partial charge in [-0.15, -0.1) is 0 Å². The van der Waals surface area contributed by atoms with Crippen LogP contribution in [0, 0.1) is 5.92 Å². The predicted molar refractivity (Wildman–Crippen MR) is 48.9 cm³/mol. The van der Waals surface area contributed by atoms with Crippen molar-refractivity contribution in [2.75, 3.05) is 0 Å². The molecule has 0 N–H and O–H groups in total. The second-order valence-corrected chi connectivity index (χ2v) is 2.99. The molecule has 2 nitrogen and oxygen atoms in total. The third-order valence-corrected chi connectivity index (χ3v) is 1.78. The molecule has 0 saturated heterocycles. The standard InChI is InChI=1S/C10H16O2/c1-4-6-10(12)8(3)7-9(11)5-2/h5,8H,2,4,6-7H2,1,3H3. The van der Waals surface area contributed by atoms with Crippen LogP contribution in [0.1, 0.15) is 33.1 Å². The minimum atomic E-state index is -0.143. The van der Waals surface area contributed by atoms with Crippen LogP contribution in [0.2, 0.25) is 0 Å². The van der Waals surface area contributed by atoms with Gasteiger partial charge in [-0.3, -0.25) is 9.59 Å². The van der Waals surface area contributed by atoms with Crippen LogP contribution in [0.15, 0.2) is 12.7 Å². The lowest BCUT2D eigenvalue weighted by Gasteiger charge is -2.06. The van der Waals surface area contributed by atoms with Crippen LogP contribution >= 0.6 is 0 Å². The molecule has 0 saturated carbocycles. The minimum Gasteiger partial charge on any atom is -0.299 e. The molecule has 1 atom stereocenters. The molecule has 0 amide bonds. The fourth-order valence-corrected chi connectivity index (χ4v) is 0.992. The number of rotatable bonds is 6. The summed E-state index contributed by atoms with van der Waals surface area (Å²) in [5.74, 6) is -0.0184. The second-order valence-electron chi connectivity index (χ2n) is 2.99. The molecule has 1 unspecified atom stereocenters. The Morgan fingerprint density at radius 1 is 1.50 bits per heavy atom. The summed E-state index contributed by atoms with van der Waals surface area (Å²) in [5, 5.41) is 0. The monoisotopic (exact) mass is 168 g/mol. The zero-order valence-electron chi connectivity index (χ0n) is 7.80. The van der Waals surface area contributed by atoms with Crippen molar-refractivity contribution >= 4 is 11.6 Å². The molecule has 0 rings (SSSR count). The fraction of sp³-hybridized carbons (Fsp3) is 0.600. The molecule has 0 radical (unpaired) electrons. The maximum atomic E-state index is 11.2. The van der Waals surface area contributed by atoms with Gasteiger partial charge in [0.25, 0.3) is 0 Å². The molecule has 0 aromatic heterocycles. The summed E-state index contributed by atoms with van der Waals surface area (Å²) >= 11 is 0. The van der Waals surface area contributed by atoms with Gasteiger partial charge in [0.05, 0.1) is 0 Å². The summed E-state index contributed by atoms with van der Waals surface area (Å²) < 4.78 is 0. The highest BCUT2D eigenvalue weighted by atomic mass is 16.1. The van der Waals surface area contributed by atoms with Crippen molar-refractivity contribution in [2.45, 2.75) is 33.1 Å². The van der Waals surface area contributed by atoms with Gasteiger partial charge in [-0.25, -0.2) is 0 Å². The molecule has 0 aromatic carbocycles. The first kappa shape index (κ1) is 11.1. The lowest BCUT2D eigenvalue weighted by Crippen LogP contribution is -2.13. The number of allylic oxidation sites excluding steroid dienone is 1. The van der Waals surface area contributed by atoms with E-state index in [2.05, 4.69) is 6.58 Å². The molecule has 0 aliphatic rings. The van der Waals surface area contributed by atoms with Crippen LogP contribution in [0.3, 0.4) is 0 Å². The lowest BCUT2D eigenvalue weighted by molar-refractivity contribution is -0.125. The number of ketones is 2. The average molecular weight is 168 g/mol. The number of hydrogen-bond acceptors (Lipinski definition) is 2. The molecular formula is C10H16O2. The van der Waals surface area contributed by atoms with E-state index in [1.807, 2.05) is 6.92 Å². The van der Waals surface area contributed by atoms with Crippen molar-refractivity contribution in [2.24, 2.45) is 5.92 Å². The summed E-state index contributed by atoms with van der Waals surface area (Å²) in [6, 6.07) is 0. The zero-order valence-corrected chi connectivity index (χ0v) is 7.80. The van der Waals surface area contributed by atoms with Crippen molar-refractivity contribution in [3.8, 4) is 0 Å². The predicted octanol–water partition coefficient (Wildman–Crippen LogP) is 2.14. The van der Waals surface area contributed by atoms with E-state index in [4.69, 9.17) is 0 Å². The van der Waals surface area contributed by atoms with Crippen molar-refractivity contribution in [3.63, 3.8) is 0 Å². The Hall–Kier alpha value is -0.920. The van der Waals surface area contributed by atoms with Gasteiger partial charge in [-0.05, 0) is 12.5 Å². The SMILES string of the molecule is C=CC(=O)CC(C)C(=O)CCC. The van der Waals surface area contributed by atoms with E-state index in [0.29, 0.717) is 12.8 Å². The lowest BCUT2D eigenvalue weighted by atomic mass is 9.97. The Bertz CT molecular complexity index is 182. The van der Waals surface area contributed by atoms with E-state index in [9.17, 15) is 9.59 Å². The highest BCUT2D eigenvalue weighted by Gasteiger charge is 2.13. The van der Waals surface area contributed by atoms with Gasteiger partial charge in [-0.2, -0.15) is 0 Å². The van der Waals surface area contributed by atoms with Gasteiger partial charge in [0, 0.05) is 18.8 Å². The Morgan fingerprint density at radius 3 is 2.50 bits per heavy atom. The Labute approximate surface area is 73.7 Å². The fourth-order valence-electron chi connectivity index (χ4n) is 0.992. The molecule has 68 valence electrons. The second kappa shape index (κ2) is 5.70. The van der Waals surface area contributed by atoms with E-state index in [-0.39, 0.29) is 17.5 Å². The molecule has 0 bridgehead atoms. The largest absolute Gasteiger partial charge is 0.299 e. The maximum Gasteiger partial charge on any atom is 0.155 e. The Morgan fingerprint density at radius 2 is 2.08 bits per heavy atom. The van der Waals surface area contributed by atoms with Gasteiger partial charge >= 0.3 is 0 Å². The third kappa shape index (κ3) is 4.06. The number of carbonyl (C=O) groups excluding carboxylic acids is 2. The molecule has 0 aliphatic carbocycles. The van der Waals surface area contributed by atoms with E-state index >= 15 is 0 Å². The average Bonchev–Trinajstić information content (AvgIpc) is 2.04. The van der Waals surface area contributed by atoms with Crippen LogP contribution in [0.5, 0.6) is 0 Å². The Kier molecular flexibility index (Phi) is 5.26. The third-order valence-electron chi connectivity index (χ3n) is 1.78. The summed E-state index contributed by atoms with van der Waals surface area (Å²) in [7, 11) is 0. The van der Waals surface area contributed by atoms with Crippen molar-refractivity contribution in [1.29, 1.82) is 0 Å². The molecular weight excluding hydrogens is 152 g/mol. The molecule has 0 spiro atoms. The summed E-state index contributed by atoms with van der Waals surface area (Å²) in [6.45, 7) is 7.11. The minimum absolute atomic E-state index is 0.0491. The van der Waals surface area contributed by atoms with Gasteiger partial charge < -0.3 is 0 Å². The molecule has 2 heteroatoms. The highest BCUT2D eigenvalue weighted by molar-refractivity contribution is 5.93. The smallest absolute Gasteiger partial charge is 0.155 e. The topological polar surface area (TPSA) is 34.1 Å². The van der Waals surface area contributed by atoms with Crippen LogP contribution in [0.25, 0.3) is 0 Å². The number of hydrogen-bond donors (Lipinski definition) is 0. The van der Waals surface area contributed by atoms with Gasteiger partial charge in [0.15, 0.2) is 5.78 Å². The molecule has 12 heavy (non-hydrogen) atoms. The molecule has 0 aliphatic heterocycles. The summed E-state index contributed by atoms with van der Waals surface area (Å²) in [6.07, 6.45) is 3.01. The zero-order chi connectivity index (χ0) is 9.56.